The minimum atomic E-state index is -0.399. The lowest BCUT2D eigenvalue weighted by atomic mass is 9.96. The Morgan fingerprint density at radius 1 is 1.03 bits per heavy atom. The fourth-order valence-corrected chi connectivity index (χ4v) is 4.07. The number of furan rings is 1. The van der Waals surface area contributed by atoms with Crippen molar-refractivity contribution < 1.29 is 28.2 Å². The molecule has 0 saturated heterocycles. The zero-order chi connectivity index (χ0) is 23.5. The normalized spacial score (nSPS) is 12.7. The topological polar surface area (TPSA) is 90.2 Å². The van der Waals surface area contributed by atoms with Gasteiger partial charge in [0.15, 0.2) is 18.1 Å². The number of methoxy groups -OCH3 is 2. The Hall–Kier alpha value is -3.68. The molecule has 0 spiro atoms. The number of rotatable bonds is 7. The quantitative estimate of drug-likeness (QED) is 0.582. The van der Waals surface area contributed by atoms with Gasteiger partial charge in [-0.05, 0) is 43.5 Å². The molecular formula is C25H28N2O6. The van der Waals surface area contributed by atoms with Crippen LogP contribution in [-0.2, 0) is 17.6 Å². The number of amides is 2. The highest BCUT2D eigenvalue weighted by Crippen LogP contribution is 2.35. The molecule has 2 aromatic carbocycles. The van der Waals surface area contributed by atoms with E-state index in [9.17, 15) is 9.59 Å². The first kappa shape index (κ1) is 22.5. The lowest BCUT2D eigenvalue weighted by Gasteiger charge is -2.18. The Balaban J connectivity index is 1.51. The molecule has 33 heavy (non-hydrogen) atoms. The van der Waals surface area contributed by atoms with Crippen molar-refractivity contribution in [1.82, 2.24) is 4.90 Å². The summed E-state index contributed by atoms with van der Waals surface area (Å²) in [5.74, 6) is 1.76. The number of carbonyl (C=O) groups is 2. The standard InChI is InChI=1S/C25H28N2O6/c1-27(2)25(29)18-12-22(30-3)23(31-4)13-19(18)26-24(28)14-32-15-9-10-21-17(11-15)16-7-5-6-8-20(16)33-21/h9-13H,5-8,14H2,1-4H3,(H,26,28). The van der Waals surface area contributed by atoms with Gasteiger partial charge in [-0.3, -0.25) is 9.59 Å². The summed E-state index contributed by atoms with van der Waals surface area (Å²) in [7, 11) is 6.25. The molecule has 0 atom stereocenters. The predicted molar refractivity (Wildman–Crippen MR) is 125 cm³/mol. The summed E-state index contributed by atoms with van der Waals surface area (Å²) in [4.78, 5) is 26.8. The monoisotopic (exact) mass is 452 g/mol. The maximum Gasteiger partial charge on any atom is 0.262 e. The summed E-state index contributed by atoms with van der Waals surface area (Å²) in [6, 6.07) is 8.71. The van der Waals surface area contributed by atoms with Gasteiger partial charge in [-0.1, -0.05) is 0 Å². The van der Waals surface area contributed by atoms with Gasteiger partial charge in [0.05, 0.1) is 25.5 Å². The smallest absolute Gasteiger partial charge is 0.262 e. The number of aryl methyl sites for hydroxylation is 2. The van der Waals surface area contributed by atoms with Gasteiger partial charge < -0.3 is 28.8 Å². The third-order valence-corrected chi connectivity index (χ3v) is 5.73. The van der Waals surface area contributed by atoms with Crippen molar-refractivity contribution in [3.8, 4) is 17.2 Å². The fourth-order valence-electron chi connectivity index (χ4n) is 4.07. The van der Waals surface area contributed by atoms with Gasteiger partial charge in [-0.25, -0.2) is 0 Å². The Labute approximate surface area is 192 Å². The van der Waals surface area contributed by atoms with Gasteiger partial charge in [0, 0.05) is 37.5 Å². The number of carbonyl (C=O) groups excluding carboxylic acids is 2. The van der Waals surface area contributed by atoms with E-state index in [2.05, 4.69) is 5.32 Å². The van der Waals surface area contributed by atoms with Crippen LogP contribution in [0.5, 0.6) is 17.2 Å². The summed E-state index contributed by atoms with van der Waals surface area (Å²) in [6.45, 7) is -0.213. The SMILES string of the molecule is COc1cc(NC(=O)COc2ccc3oc4c(c3c2)CCCC4)c(C(=O)N(C)C)cc1OC. The number of hydrogen-bond acceptors (Lipinski definition) is 6. The molecule has 2 amide bonds. The van der Waals surface area contributed by atoms with Crippen molar-refractivity contribution in [2.24, 2.45) is 0 Å². The van der Waals surface area contributed by atoms with Crippen molar-refractivity contribution in [3.63, 3.8) is 0 Å². The van der Waals surface area contributed by atoms with Crippen LogP contribution >= 0.6 is 0 Å². The van der Waals surface area contributed by atoms with Gasteiger partial charge in [0.1, 0.15) is 17.1 Å². The largest absolute Gasteiger partial charge is 0.493 e. The molecule has 1 heterocycles. The molecular weight excluding hydrogens is 424 g/mol. The zero-order valence-electron chi connectivity index (χ0n) is 19.3. The molecule has 1 N–H and O–H groups in total. The molecule has 8 heteroatoms. The molecule has 0 fully saturated rings. The first-order valence-corrected chi connectivity index (χ1v) is 10.9. The number of benzene rings is 2. The second-order valence-corrected chi connectivity index (χ2v) is 8.16. The molecule has 0 radical (unpaired) electrons. The van der Waals surface area contributed by atoms with E-state index in [-0.39, 0.29) is 18.1 Å². The van der Waals surface area contributed by atoms with E-state index in [1.165, 1.54) is 24.7 Å². The van der Waals surface area contributed by atoms with Crippen LogP contribution in [-0.4, -0.2) is 51.6 Å². The minimum absolute atomic E-state index is 0.213. The number of hydrogen-bond donors (Lipinski definition) is 1. The molecule has 1 aromatic heterocycles. The summed E-state index contributed by atoms with van der Waals surface area (Å²) in [5, 5.41) is 3.80. The zero-order valence-corrected chi connectivity index (χ0v) is 19.3. The van der Waals surface area contributed by atoms with Crippen LogP contribution in [0.25, 0.3) is 11.0 Å². The molecule has 0 bridgehead atoms. The van der Waals surface area contributed by atoms with E-state index in [0.717, 1.165) is 42.4 Å². The van der Waals surface area contributed by atoms with E-state index < -0.39 is 5.91 Å². The number of fused-ring (bicyclic) bond motifs is 3. The maximum absolute atomic E-state index is 12.7. The fraction of sp³-hybridized carbons (Fsp3) is 0.360. The highest BCUT2D eigenvalue weighted by atomic mass is 16.5. The maximum atomic E-state index is 12.7. The molecule has 4 rings (SSSR count). The van der Waals surface area contributed by atoms with Gasteiger partial charge in [0.25, 0.3) is 11.8 Å². The highest BCUT2D eigenvalue weighted by Gasteiger charge is 2.21. The van der Waals surface area contributed by atoms with Gasteiger partial charge in [-0.15, -0.1) is 0 Å². The Morgan fingerprint density at radius 2 is 1.76 bits per heavy atom. The van der Waals surface area contributed by atoms with Crippen molar-refractivity contribution >= 4 is 28.5 Å². The number of nitrogens with zero attached hydrogens (tertiary/aromatic N) is 1. The van der Waals surface area contributed by atoms with Crippen LogP contribution in [0.1, 0.15) is 34.5 Å². The molecule has 0 saturated carbocycles. The average Bonchev–Trinajstić information content (AvgIpc) is 3.20. The van der Waals surface area contributed by atoms with Crippen LogP contribution in [0.2, 0.25) is 0 Å². The molecule has 8 nitrogen and oxygen atoms in total. The number of nitrogens with one attached hydrogen (secondary N) is 1. The van der Waals surface area contributed by atoms with E-state index in [1.807, 2.05) is 12.1 Å². The second-order valence-electron chi connectivity index (χ2n) is 8.16. The molecule has 0 unspecified atom stereocenters. The molecule has 1 aliphatic carbocycles. The molecule has 1 aliphatic rings. The Kier molecular flexibility index (Phi) is 6.44. The number of ether oxygens (including phenoxy) is 3. The summed E-state index contributed by atoms with van der Waals surface area (Å²) < 4.78 is 22.3. The van der Waals surface area contributed by atoms with E-state index in [1.54, 1.807) is 32.3 Å². The van der Waals surface area contributed by atoms with Crippen LogP contribution in [0.4, 0.5) is 5.69 Å². The lowest BCUT2D eigenvalue weighted by molar-refractivity contribution is -0.118. The van der Waals surface area contributed by atoms with Crippen molar-refractivity contribution in [2.75, 3.05) is 40.2 Å². The number of anilines is 1. The predicted octanol–water partition coefficient (Wildman–Crippen LogP) is 4.05. The summed E-state index contributed by atoms with van der Waals surface area (Å²) in [5.41, 5.74) is 2.69. The van der Waals surface area contributed by atoms with Crippen molar-refractivity contribution in [1.29, 1.82) is 0 Å². The van der Waals surface area contributed by atoms with Crippen LogP contribution in [0.3, 0.4) is 0 Å². The van der Waals surface area contributed by atoms with E-state index in [4.69, 9.17) is 18.6 Å². The molecule has 174 valence electrons. The van der Waals surface area contributed by atoms with E-state index in [0.29, 0.717) is 22.9 Å². The van der Waals surface area contributed by atoms with Gasteiger partial charge in [0.2, 0.25) is 0 Å². The van der Waals surface area contributed by atoms with Gasteiger partial charge >= 0.3 is 0 Å². The second kappa shape index (κ2) is 9.44. The van der Waals surface area contributed by atoms with Crippen LogP contribution in [0, 0.1) is 0 Å². The first-order valence-electron chi connectivity index (χ1n) is 10.9. The third-order valence-electron chi connectivity index (χ3n) is 5.73. The highest BCUT2D eigenvalue weighted by molar-refractivity contribution is 6.04. The summed E-state index contributed by atoms with van der Waals surface area (Å²) >= 11 is 0. The van der Waals surface area contributed by atoms with Crippen molar-refractivity contribution in [3.05, 3.63) is 47.2 Å². The third kappa shape index (κ3) is 4.60. The average molecular weight is 453 g/mol. The first-order chi connectivity index (χ1) is 15.9. The van der Waals surface area contributed by atoms with Gasteiger partial charge in [-0.2, -0.15) is 0 Å². The Bertz CT molecular complexity index is 1200. The van der Waals surface area contributed by atoms with E-state index >= 15 is 0 Å². The van der Waals surface area contributed by atoms with Crippen LogP contribution in [0.15, 0.2) is 34.7 Å². The summed E-state index contributed by atoms with van der Waals surface area (Å²) in [6.07, 6.45) is 4.25. The van der Waals surface area contributed by atoms with Crippen LogP contribution < -0.4 is 19.5 Å². The molecule has 3 aromatic rings. The van der Waals surface area contributed by atoms with Crippen molar-refractivity contribution in [2.45, 2.75) is 25.7 Å². The minimum Gasteiger partial charge on any atom is -0.493 e. The Morgan fingerprint density at radius 3 is 2.48 bits per heavy atom. The molecule has 0 aliphatic heterocycles. The lowest BCUT2D eigenvalue weighted by Crippen LogP contribution is -2.26.